The number of anilines is 1. The maximum Gasteiger partial charge on any atom is 0.156 e. The smallest absolute Gasteiger partial charge is 0.156 e. The van der Waals surface area contributed by atoms with Gasteiger partial charge in [0, 0.05) is 31.5 Å². The molecule has 1 saturated heterocycles. The van der Waals surface area contributed by atoms with E-state index in [0.717, 1.165) is 62.1 Å². The monoisotopic (exact) mass is 271 g/mol. The largest absolute Gasteiger partial charge is 0.355 e. The van der Waals surface area contributed by atoms with E-state index in [1.54, 1.807) is 0 Å². The van der Waals surface area contributed by atoms with E-state index >= 15 is 0 Å². The molecule has 5 nitrogen and oxygen atoms in total. The first-order chi connectivity index (χ1) is 9.86. The number of aryl methyl sites for hydroxylation is 1. The number of hydrogen-bond donors (Lipinski definition) is 2. The van der Waals surface area contributed by atoms with E-state index in [-0.39, 0.29) is 0 Å². The molecule has 0 saturated carbocycles. The van der Waals surface area contributed by atoms with Crippen LogP contribution in [0, 0.1) is 0 Å². The van der Waals surface area contributed by atoms with Crippen molar-refractivity contribution in [3.63, 3.8) is 0 Å². The van der Waals surface area contributed by atoms with Crippen molar-refractivity contribution >= 4 is 5.82 Å². The van der Waals surface area contributed by atoms with E-state index in [2.05, 4.69) is 39.2 Å². The molecule has 0 aromatic carbocycles. The van der Waals surface area contributed by atoms with Gasteiger partial charge in [-0.05, 0) is 31.5 Å². The second-order valence-electron chi connectivity index (χ2n) is 5.08. The van der Waals surface area contributed by atoms with Crippen molar-refractivity contribution in [2.75, 3.05) is 31.1 Å². The summed E-state index contributed by atoms with van der Waals surface area (Å²) in [5, 5.41) is 3.42. The SMILES string of the molecule is CCc1cnc(-c2cccc(N3CCCNCC3)n2)[nH]1. The standard InChI is InChI=1S/C15H21N5/c1-2-12-11-17-15(18-12)13-5-3-6-14(19-13)20-9-4-7-16-8-10-20/h3,5-6,11,16H,2,4,7-10H2,1H3,(H,17,18). The Morgan fingerprint density at radius 2 is 2.20 bits per heavy atom. The van der Waals surface area contributed by atoms with Crippen molar-refractivity contribution in [3.8, 4) is 11.5 Å². The molecule has 2 aromatic rings. The molecule has 1 aliphatic rings. The van der Waals surface area contributed by atoms with Crippen molar-refractivity contribution in [2.24, 2.45) is 0 Å². The van der Waals surface area contributed by atoms with Gasteiger partial charge >= 0.3 is 0 Å². The molecule has 0 amide bonds. The van der Waals surface area contributed by atoms with E-state index in [1.165, 1.54) is 0 Å². The van der Waals surface area contributed by atoms with Gasteiger partial charge in [-0.2, -0.15) is 0 Å². The van der Waals surface area contributed by atoms with Crippen LogP contribution in [-0.4, -0.2) is 41.1 Å². The van der Waals surface area contributed by atoms with Crippen LogP contribution in [0.1, 0.15) is 19.0 Å². The van der Waals surface area contributed by atoms with Gasteiger partial charge in [0.05, 0.1) is 0 Å². The zero-order chi connectivity index (χ0) is 13.8. The fraction of sp³-hybridized carbons (Fsp3) is 0.467. The Hall–Kier alpha value is -1.88. The van der Waals surface area contributed by atoms with E-state index in [0.29, 0.717) is 0 Å². The Morgan fingerprint density at radius 1 is 1.25 bits per heavy atom. The molecule has 1 aliphatic heterocycles. The molecule has 0 spiro atoms. The maximum atomic E-state index is 4.76. The molecule has 106 valence electrons. The first-order valence-corrected chi connectivity index (χ1v) is 7.34. The van der Waals surface area contributed by atoms with Gasteiger partial charge in [-0.15, -0.1) is 0 Å². The number of nitrogens with zero attached hydrogens (tertiary/aromatic N) is 3. The average molecular weight is 271 g/mol. The summed E-state index contributed by atoms with van der Waals surface area (Å²) in [5.41, 5.74) is 2.06. The number of nitrogens with one attached hydrogen (secondary N) is 2. The number of H-pyrrole nitrogens is 1. The molecule has 5 heteroatoms. The van der Waals surface area contributed by atoms with Crippen molar-refractivity contribution in [1.82, 2.24) is 20.3 Å². The van der Waals surface area contributed by atoms with Gasteiger partial charge in [-0.1, -0.05) is 13.0 Å². The van der Waals surface area contributed by atoms with Crippen molar-refractivity contribution in [3.05, 3.63) is 30.1 Å². The lowest BCUT2D eigenvalue weighted by atomic mass is 10.3. The summed E-state index contributed by atoms with van der Waals surface area (Å²) in [5.74, 6) is 1.90. The fourth-order valence-electron chi connectivity index (χ4n) is 2.48. The topological polar surface area (TPSA) is 56.8 Å². The van der Waals surface area contributed by atoms with E-state index in [1.807, 2.05) is 12.3 Å². The molecule has 0 atom stereocenters. The minimum Gasteiger partial charge on any atom is -0.355 e. The van der Waals surface area contributed by atoms with Crippen LogP contribution < -0.4 is 10.2 Å². The van der Waals surface area contributed by atoms with E-state index < -0.39 is 0 Å². The zero-order valence-electron chi connectivity index (χ0n) is 11.9. The van der Waals surface area contributed by atoms with Crippen LogP contribution in [0.5, 0.6) is 0 Å². The highest BCUT2D eigenvalue weighted by Crippen LogP contribution is 2.19. The zero-order valence-corrected chi connectivity index (χ0v) is 11.9. The lowest BCUT2D eigenvalue weighted by molar-refractivity contribution is 0.724. The van der Waals surface area contributed by atoms with Gasteiger partial charge in [0.15, 0.2) is 5.82 Å². The van der Waals surface area contributed by atoms with Crippen LogP contribution in [0.3, 0.4) is 0 Å². The number of aromatic amines is 1. The Labute approximate surface area is 119 Å². The molecule has 0 aliphatic carbocycles. The van der Waals surface area contributed by atoms with Crippen LogP contribution in [0.15, 0.2) is 24.4 Å². The summed E-state index contributed by atoms with van der Waals surface area (Å²) in [6.45, 7) is 6.29. The molecular formula is C15H21N5. The molecule has 2 aromatic heterocycles. The van der Waals surface area contributed by atoms with Gasteiger partial charge in [0.1, 0.15) is 11.5 Å². The third-order valence-electron chi connectivity index (χ3n) is 3.65. The summed E-state index contributed by atoms with van der Waals surface area (Å²) in [6, 6.07) is 6.15. The summed E-state index contributed by atoms with van der Waals surface area (Å²) >= 11 is 0. The van der Waals surface area contributed by atoms with Gasteiger partial charge in [-0.25, -0.2) is 9.97 Å². The number of pyridine rings is 1. The Bertz CT molecular complexity index is 555. The normalized spacial score (nSPS) is 16.1. The third-order valence-corrected chi connectivity index (χ3v) is 3.65. The molecule has 0 bridgehead atoms. The number of hydrogen-bond acceptors (Lipinski definition) is 4. The minimum absolute atomic E-state index is 0.858. The van der Waals surface area contributed by atoms with Gasteiger partial charge < -0.3 is 15.2 Å². The first-order valence-electron chi connectivity index (χ1n) is 7.34. The van der Waals surface area contributed by atoms with Gasteiger partial charge in [-0.3, -0.25) is 0 Å². The molecule has 0 unspecified atom stereocenters. The van der Waals surface area contributed by atoms with Crippen molar-refractivity contribution in [1.29, 1.82) is 0 Å². The molecule has 0 radical (unpaired) electrons. The lowest BCUT2D eigenvalue weighted by Gasteiger charge is -2.21. The fourth-order valence-corrected chi connectivity index (χ4v) is 2.48. The molecule has 1 fully saturated rings. The quantitative estimate of drug-likeness (QED) is 0.894. The molecule has 20 heavy (non-hydrogen) atoms. The predicted molar refractivity (Wildman–Crippen MR) is 80.9 cm³/mol. The average Bonchev–Trinajstić information content (AvgIpc) is 2.82. The Morgan fingerprint density at radius 3 is 3.05 bits per heavy atom. The van der Waals surface area contributed by atoms with Crippen LogP contribution in [0.4, 0.5) is 5.82 Å². The van der Waals surface area contributed by atoms with Gasteiger partial charge in [0.2, 0.25) is 0 Å². The number of aromatic nitrogens is 3. The lowest BCUT2D eigenvalue weighted by Crippen LogP contribution is -2.28. The molecular weight excluding hydrogens is 250 g/mol. The number of imidazole rings is 1. The Balaban J connectivity index is 1.84. The van der Waals surface area contributed by atoms with Gasteiger partial charge in [0.25, 0.3) is 0 Å². The van der Waals surface area contributed by atoms with Crippen LogP contribution in [-0.2, 0) is 6.42 Å². The van der Waals surface area contributed by atoms with Crippen molar-refractivity contribution < 1.29 is 0 Å². The van der Waals surface area contributed by atoms with Crippen LogP contribution in [0.2, 0.25) is 0 Å². The summed E-state index contributed by atoms with van der Waals surface area (Å²) in [7, 11) is 0. The molecule has 2 N–H and O–H groups in total. The summed E-state index contributed by atoms with van der Waals surface area (Å²) in [6.07, 6.45) is 4.01. The second-order valence-corrected chi connectivity index (χ2v) is 5.08. The second kappa shape index (κ2) is 6.05. The Kier molecular flexibility index (Phi) is 3.97. The van der Waals surface area contributed by atoms with E-state index in [4.69, 9.17) is 4.98 Å². The minimum atomic E-state index is 0.858. The molecule has 3 heterocycles. The summed E-state index contributed by atoms with van der Waals surface area (Å²) < 4.78 is 0. The van der Waals surface area contributed by atoms with E-state index in [9.17, 15) is 0 Å². The predicted octanol–water partition coefficient (Wildman–Crippen LogP) is 1.83. The van der Waals surface area contributed by atoms with Crippen molar-refractivity contribution in [2.45, 2.75) is 19.8 Å². The highest BCUT2D eigenvalue weighted by Gasteiger charge is 2.12. The molecule has 3 rings (SSSR count). The van der Waals surface area contributed by atoms with Crippen LogP contribution >= 0.6 is 0 Å². The first kappa shape index (κ1) is 13.1. The highest BCUT2D eigenvalue weighted by molar-refractivity contribution is 5.54. The third kappa shape index (κ3) is 2.82. The highest BCUT2D eigenvalue weighted by atomic mass is 15.2. The summed E-state index contributed by atoms with van der Waals surface area (Å²) in [4.78, 5) is 14.8. The maximum absolute atomic E-state index is 4.76. The number of rotatable bonds is 3. The van der Waals surface area contributed by atoms with Crippen LogP contribution in [0.25, 0.3) is 11.5 Å².